The highest BCUT2D eigenvalue weighted by molar-refractivity contribution is 7.09. The van der Waals surface area contributed by atoms with Gasteiger partial charge in [0.2, 0.25) is 5.91 Å². The number of benzene rings is 2. The molecule has 1 amide bonds. The topological polar surface area (TPSA) is 68.3 Å². The molecule has 138 valence electrons. The van der Waals surface area contributed by atoms with Crippen LogP contribution in [0.15, 0.2) is 53.9 Å². The zero-order chi connectivity index (χ0) is 19.2. The lowest BCUT2D eigenvalue weighted by Crippen LogP contribution is -2.16. The van der Waals surface area contributed by atoms with Gasteiger partial charge in [-0.05, 0) is 38.1 Å². The minimum absolute atomic E-state index is 0.0879. The van der Waals surface area contributed by atoms with E-state index in [2.05, 4.69) is 10.3 Å². The summed E-state index contributed by atoms with van der Waals surface area (Å²) in [6.07, 6.45) is 0.146. The number of amides is 1. The molecule has 0 aliphatic carbocycles. The first-order chi connectivity index (χ1) is 13.0. The molecule has 0 bridgehead atoms. The monoisotopic (exact) mass is 380 g/mol. The van der Waals surface area contributed by atoms with Crippen molar-refractivity contribution in [2.24, 2.45) is 0 Å². The van der Waals surface area contributed by atoms with Gasteiger partial charge in [0.1, 0.15) is 17.4 Å². The Morgan fingerprint density at radius 1 is 1.11 bits per heavy atom. The summed E-state index contributed by atoms with van der Waals surface area (Å²) in [6, 6.07) is 14.8. The van der Waals surface area contributed by atoms with Crippen molar-refractivity contribution in [3.63, 3.8) is 0 Å². The third-order valence-corrected chi connectivity index (χ3v) is 4.78. The van der Waals surface area contributed by atoms with Gasteiger partial charge in [0.05, 0.1) is 17.8 Å². The lowest BCUT2D eigenvalue weighted by molar-refractivity contribution is -0.115. The summed E-state index contributed by atoms with van der Waals surface area (Å²) in [5, 5.41) is 5.45. The van der Waals surface area contributed by atoms with Crippen LogP contribution in [-0.4, -0.2) is 16.7 Å². The summed E-state index contributed by atoms with van der Waals surface area (Å²) in [5.41, 5.74) is 2.88. The van der Waals surface area contributed by atoms with E-state index < -0.39 is 0 Å². The van der Waals surface area contributed by atoms with Gasteiger partial charge in [-0.25, -0.2) is 4.98 Å². The molecule has 2 aromatic carbocycles. The molecule has 0 saturated heterocycles. The first-order valence-electron chi connectivity index (χ1n) is 8.54. The van der Waals surface area contributed by atoms with Crippen molar-refractivity contribution in [1.29, 1.82) is 0 Å². The van der Waals surface area contributed by atoms with Gasteiger partial charge in [-0.2, -0.15) is 0 Å². The predicted molar refractivity (Wildman–Crippen MR) is 106 cm³/mol. The van der Waals surface area contributed by atoms with Crippen molar-refractivity contribution in [3.05, 3.63) is 75.7 Å². The number of carbonyl (C=O) groups is 2. The van der Waals surface area contributed by atoms with Crippen LogP contribution in [0.5, 0.6) is 5.75 Å². The van der Waals surface area contributed by atoms with E-state index in [1.807, 2.05) is 36.6 Å². The van der Waals surface area contributed by atoms with Gasteiger partial charge < -0.3 is 10.1 Å². The zero-order valence-electron chi connectivity index (χ0n) is 15.2. The lowest BCUT2D eigenvalue weighted by Gasteiger charge is -2.08. The molecule has 0 saturated carbocycles. The number of thiazole rings is 1. The molecule has 0 aliphatic heterocycles. The van der Waals surface area contributed by atoms with Crippen LogP contribution in [0, 0.1) is 6.92 Å². The van der Waals surface area contributed by atoms with E-state index in [-0.39, 0.29) is 18.1 Å². The van der Waals surface area contributed by atoms with Crippen LogP contribution in [0.1, 0.15) is 33.5 Å². The number of hydrogen-bond acceptors (Lipinski definition) is 5. The Hall–Kier alpha value is -2.99. The molecule has 0 radical (unpaired) electrons. The summed E-state index contributed by atoms with van der Waals surface area (Å²) in [7, 11) is 0. The van der Waals surface area contributed by atoms with Gasteiger partial charge >= 0.3 is 0 Å². The minimum Gasteiger partial charge on any atom is -0.486 e. The van der Waals surface area contributed by atoms with Gasteiger partial charge in [-0.15, -0.1) is 11.3 Å². The van der Waals surface area contributed by atoms with Gasteiger partial charge in [0, 0.05) is 10.9 Å². The second-order valence-electron chi connectivity index (χ2n) is 6.16. The largest absolute Gasteiger partial charge is 0.486 e. The number of para-hydroxylation sites is 1. The number of ether oxygens (including phenoxy) is 1. The van der Waals surface area contributed by atoms with Crippen molar-refractivity contribution < 1.29 is 14.3 Å². The van der Waals surface area contributed by atoms with Crippen LogP contribution >= 0.6 is 11.3 Å². The molecule has 0 spiro atoms. The molecule has 0 atom stereocenters. The van der Waals surface area contributed by atoms with Crippen molar-refractivity contribution in [1.82, 2.24) is 4.98 Å². The lowest BCUT2D eigenvalue weighted by atomic mass is 10.1. The van der Waals surface area contributed by atoms with E-state index in [1.165, 1.54) is 23.8 Å². The van der Waals surface area contributed by atoms with E-state index >= 15 is 0 Å². The number of nitrogens with zero attached hydrogens (tertiary/aromatic N) is 1. The highest BCUT2D eigenvalue weighted by atomic mass is 32.1. The number of aryl methyl sites for hydroxylation is 1. The van der Waals surface area contributed by atoms with Crippen LogP contribution in [0.3, 0.4) is 0 Å². The zero-order valence-corrected chi connectivity index (χ0v) is 16.0. The number of anilines is 1. The molecule has 1 heterocycles. The fourth-order valence-electron chi connectivity index (χ4n) is 2.53. The second kappa shape index (κ2) is 8.60. The first-order valence-corrected chi connectivity index (χ1v) is 9.42. The highest BCUT2D eigenvalue weighted by Gasteiger charge is 2.12. The number of nitrogens with one attached hydrogen (secondary N) is 1. The Kier molecular flexibility index (Phi) is 5.98. The maximum absolute atomic E-state index is 12.3. The SMILES string of the molecule is CC(=O)c1ccccc1NC(=O)Cc1csc(COc2ccc(C)cc2)n1. The third-order valence-electron chi connectivity index (χ3n) is 3.90. The average molecular weight is 380 g/mol. The fourth-order valence-corrected chi connectivity index (χ4v) is 3.24. The van der Waals surface area contributed by atoms with Crippen LogP contribution in [0.4, 0.5) is 5.69 Å². The molecule has 0 unspecified atom stereocenters. The van der Waals surface area contributed by atoms with Crippen LogP contribution in [0.25, 0.3) is 0 Å². The fraction of sp³-hybridized carbons (Fsp3) is 0.190. The number of Topliss-reactive ketones (excluding diaryl/α,β-unsaturated/α-hetero) is 1. The molecule has 6 heteroatoms. The normalized spacial score (nSPS) is 10.4. The molecule has 27 heavy (non-hydrogen) atoms. The molecule has 5 nitrogen and oxygen atoms in total. The number of hydrogen-bond donors (Lipinski definition) is 1. The molecule has 0 aliphatic rings. The number of ketones is 1. The van der Waals surface area contributed by atoms with Crippen LogP contribution in [0.2, 0.25) is 0 Å². The predicted octanol–water partition coefficient (Wildman–Crippen LogP) is 4.41. The Bertz CT molecular complexity index is 948. The van der Waals surface area contributed by atoms with E-state index in [4.69, 9.17) is 4.74 Å². The molecule has 3 aromatic rings. The van der Waals surface area contributed by atoms with E-state index in [0.29, 0.717) is 23.6 Å². The minimum atomic E-state index is -0.208. The van der Waals surface area contributed by atoms with Gasteiger partial charge in [-0.3, -0.25) is 9.59 Å². The van der Waals surface area contributed by atoms with Crippen molar-refractivity contribution in [3.8, 4) is 5.75 Å². The third kappa shape index (κ3) is 5.24. The molecular weight excluding hydrogens is 360 g/mol. The van der Waals surface area contributed by atoms with Gasteiger partial charge in [0.15, 0.2) is 5.78 Å². The Morgan fingerprint density at radius 2 is 1.85 bits per heavy atom. The summed E-state index contributed by atoms with van der Waals surface area (Å²) < 4.78 is 5.71. The maximum Gasteiger partial charge on any atom is 0.230 e. The van der Waals surface area contributed by atoms with E-state index in [1.54, 1.807) is 24.3 Å². The van der Waals surface area contributed by atoms with E-state index in [9.17, 15) is 9.59 Å². The van der Waals surface area contributed by atoms with Crippen LogP contribution in [-0.2, 0) is 17.8 Å². The van der Waals surface area contributed by atoms with Crippen molar-refractivity contribution in [2.75, 3.05) is 5.32 Å². The number of rotatable bonds is 7. The summed E-state index contributed by atoms with van der Waals surface area (Å²) in [5.74, 6) is 0.492. The van der Waals surface area contributed by atoms with Crippen molar-refractivity contribution >= 4 is 28.7 Å². The summed E-state index contributed by atoms with van der Waals surface area (Å²) in [4.78, 5) is 28.4. The number of carbonyl (C=O) groups excluding carboxylic acids is 2. The Morgan fingerprint density at radius 3 is 2.59 bits per heavy atom. The van der Waals surface area contributed by atoms with Crippen molar-refractivity contribution in [2.45, 2.75) is 26.9 Å². The molecule has 1 N–H and O–H groups in total. The smallest absolute Gasteiger partial charge is 0.230 e. The Balaban J connectivity index is 1.56. The molecule has 1 aromatic heterocycles. The summed E-state index contributed by atoms with van der Waals surface area (Å²) >= 11 is 1.46. The molecule has 0 fully saturated rings. The Labute approximate surface area is 162 Å². The standard InChI is InChI=1S/C21H20N2O3S/c1-14-7-9-17(10-8-14)26-12-21-22-16(13-27-21)11-20(25)23-19-6-4-3-5-18(19)15(2)24/h3-10,13H,11-12H2,1-2H3,(H,23,25). The average Bonchev–Trinajstić information content (AvgIpc) is 3.08. The highest BCUT2D eigenvalue weighted by Crippen LogP contribution is 2.18. The second-order valence-corrected chi connectivity index (χ2v) is 7.10. The maximum atomic E-state index is 12.3. The van der Waals surface area contributed by atoms with Gasteiger partial charge in [0.25, 0.3) is 0 Å². The van der Waals surface area contributed by atoms with Crippen LogP contribution < -0.4 is 10.1 Å². The van der Waals surface area contributed by atoms with Gasteiger partial charge in [-0.1, -0.05) is 29.8 Å². The molecule has 3 rings (SSSR count). The molecular formula is C21H20N2O3S. The van der Waals surface area contributed by atoms with E-state index in [0.717, 1.165) is 10.8 Å². The quantitative estimate of drug-likeness (QED) is 0.616. The number of aromatic nitrogens is 1. The first kappa shape index (κ1) is 18.8. The summed E-state index contributed by atoms with van der Waals surface area (Å²) in [6.45, 7) is 3.87.